The van der Waals surface area contributed by atoms with E-state index in [2.05, 4.69) is 0 Å². The second kappa shape index (κ2) is 5.99. The molecule has 5 nitrogen and oxygen atoms in total. The smallest absolute Gasteiger partial charge is 0.320 e. The van der Waals surface area contributed by atoms with E-state index in [0.29, 0.717) is 24.3 Å². The van der Waals surface area contributed by atoms with Gasteiger partial charge in [-0.3, -0.25) is 9.59 Å². The summed E-state index contributed by atoms with van der Waals surface area (Å²) in [6.07, 6.45) is 3.74. The summed E-state index contributed by atoms with van der Waals surface area (Å²) in [5.41, 5.74) is -0.238. The standard InChI is InChI=1S/C16H18O5/c1-19-13-5-4-11(10-14(13)20-2)16(15(18)21-3)8-6-12(17)7-9-16/h4-6,8,10H,7,9H2,1-3H3. The minimum Gasteiger partial charge on any atom is -0.493 e. The van der Waals surface area contributed by atoms with Gasteiger partial charge < -0.3 is 14.2 Å². The molecule has 21 heavy (non-hydrogen) atoms. The van der Waals surface area contributed by atoms with Crippen LogP contribution in [0, 0.1) is 0 Å². The SMILES string of the molecule is COC(=O)C1(c2ccc(OC)c(OC)c2)C=CC(=O)CC1. The highest BCUT2D eigenvalue weighted by Gasteiger charge is 2.41. The molecule has 1 aromatic carbocycles. The Balaban J connectivity index is 2.55. The predicted molar refractivity (Wildman–Crippen MR) is 76.6 cm³/mol. The van der Waals surface area contributed by atoms with Crippen molar-refractivity contribution in [1.29, 1.82) is 0 Å². The molecule has 0 heterocycles. The molecule has 1 aromatic rings. The van der Waals surface area contributed by atoms with E-state index in [0.717, 1.165) is 5.56 Å². The van der Waals surface area contributed by atoms with E-state index >= 15 is 0 Å². The van der Waals surface area contributed by atoms with Gasteiger partial charge in [0.15, 0.2) is 17.3 Å². The van der Waals surface area contributed by atoms with Crippen LogP contribution in [0.25, 0.3) is 0 Å². The lowest BCUT2D eigenvalue weighted by Crippen LogP contribution is -2.37. The van der Waals surface area contributed by atoms with E-state index in [1.807, 2.05) is 0 Å². The molecule has 5 heteroatoms. The molecule has 0 aromatic heterocycles. The fourth-order valence-electron chi connectivity index (χ4n) is 2.55. The first-order chi connectivity index (χ1) is 10.1. The van der Waals surface area contributed by atoms with Crippen LogP contribution in [-0.4, -0.2) is 33.1 Å². The Labute approximate surface area is 123 Å². The van der Waals surface area contributed by atoms with Gasteiger partial charge in [0.05, 0.1) is 21.3 Å². The van der Waals surface area contributed by atoms with Gasteiger partial charge in [0.1, 0.15) is 5.41 Å². The van der Waals surface area contributed by atoms with Crippen LogP contribution in [0.1, 0.15) is 18.4 Å². The van der Waals surface area contributed by atoms with Crippen molar-refractivity contribution in [3.8, 4) is 11.5 Å². The topological polar surface area (TPSA) is 61.8 Å². The van der Waals surface area contributed by atoms with Crippen molar-refractivity contribution in [2.75, 3.05) is 21.3 Å². The van der Waals surface area contributed by atoms with Gasteiger partial charge in [-0.1, -0.05) is 12.1 Å². The number of ketones is 1. The van der Waals surface area contributed by atoms with Gasteiger partial charge in [0.25, 0.3) is 0 Å². The molecule has 0 amide bonds. The highest BCUT2D eigenvalue weighted by Crippen LogP contribution is 2.39. The molecule has 2 rings (SSSR count). The Morgan fingerprint density at radius 1 is 1.14 bits per heavy atom. The van der Waals surface area contributed by atoms with Crippen molar-refractivity contribution in [3.63, 3.8) is 0 Å². The first-order valence-electron chi connectivity index (χ1n) is 6.60. The number of hydrogen-bond acceptors (Lipinski definition) is 5. The molecule has 1 aliphatic rings. The van der Waals surface area contributed by atoms with Gasteiger partial charge in [0, 0.05) is 6.42 Å². The van der Waals surface area contributed by atoms with Gasteiger partial charge in [-0.15, -0.1) is 0 Å². The third-order valence-corrected chi connectivity index (χ3v) is 3.77. The van der Waals surface area contributed by atoms with E-state index in [1.165, 1.54) is 20.3 Å². The third-order valence-electron chi connectivity index (χ3n) is 3.77. The molecule has 1 atom stereocenters. The molecule has 0 saturated heterocycles. The van der Waals surface area contributed by atoms with Crippen molar-refractivity contribution in [2.45, 2.75) is 18.3 Å². The maximum absolute atomic E-state index is 12.3. The molecular weight excluding hydrogens is 272 g/mol. The number of ether oxygens (including phenoxy) is 3. The maximum atomic E-state index is 12.3. The van der Waals surface area contributed by atoms with Crippen LogP contribution < -0.4 is 9.47 Å². The summed E-state index contributed by atoms with van der Waals surface area (Å²) < 4.78 is 15.4. The predicted octanol–water partition coefficient (Wildman–Crippen LogP) is 2.03. The van der Waals surface area contributed by atoms with Crippen LogP contribution in [0.5, 0.6) is 11.5 Å². The summed E-state index contributed by atoms with van der Waals surface area (Å²) in [4.78, 5) is 23.7. The van der Waals surface area contributed by atoms with E-state index in [-0.39, 0.29) is 5.78 Å². The number of rotatable bonds is 4. The summed E-state index contributed by atoms with van der Waals surface area (Å²) in [6, 6.07) is 5.28. The van der Waals surface area contributed by atoms with Crippen LogP contribution in [-0.2, 0) is 19.7 Å². The fourth-order valence-corrected chi connectivity index (χ4v) is 2.55. The van der Waals surface area contributed by atoms with Crippen molar-refractivity contribution in [2.24, 2.45) is 0 Å². The van der Waals surface area contributed by atoms with E-state index in [9.17, 15) is 9.59 Å². The molecule has 1 aliphatic carbocycles. The Morgan fingerprint density at radius 2 is 1.86 bits per heavy atom. The zero-order valence-corrected chi connectivity index (χ0v) is 12.3. The maximum Gasteiger partial charge on any atom is 0.320 e. The largest absolute Gasteiger partial charge is 0.493 e. The van der Waals surface area contributed by atoms with Crippen molar-refractivity contribution in [3.05, 3.63) is 35.9 Å². The molecular formula is C16H18O5. The van der Waals surface area contributed by atoms with Crippen LogP contribution in [0.2, 0.25) is 0 Å². The fraction of sp³-hybridized carbons (Fsp3) is 0.375. The summed E-state index contributed by atoms with van der Waals surface area (Å²) in [7, 11) is 4.43. The lowest BCUT2D eigenvalue weighted by molar-refractivity contribution is -0.146. The van der Waals surface area contributed by atoms with E-state index in [4.69, 9.17) is 14.2 Å². The third kappa shape index (κ3) is 2.63. The summed E-state index contributed by atoms with van der Waals surface area (Å²) in [5, 5.41) is 0. The number of hydrogen-bond donors (Lipinski definition) is 0. The molecule has 0 spiro atoms. The second-order valence-electron chi connectivity index (χ2n) is 4.83. The number of allylic oxidation sites excluding steroid dienone is 1. The normalized spacial score (nSPS) is 21.0. The second-order valence-corrected chi connectivity index (χ2v) is 4.83. The molecule has 0 fully saturated rings. The van der Waals surface area contributed by atoms with Crippen LogP contribution in [0.15, 0.2) is 30.4 Å². The Hall–Kier alpha value is -2.30. The number of carbonyl (C=O) groups excluding carboxylic acids is 2. The molecule has 0 radical (unpaired) electrons. The van der Waals surface area contributed by atoms with Gasteiger partial charge in [-0.2, -0.15) is 0 Å². The zero-order chi connectivity index (χ0) is 15.5. The Morgan fingerprint density at radius 3 is 2.38 bits per heavy atom. The van der Waals surface area contributed by atoms with Gasteiger partial charge in [0.2, 0.25) is 0 Å². The van der Waals surface area contributed by atoms with Crippen molar-refractivity contribution in [1.82, 2.24) is 0 Å². The lowest BCUT2D eigenvalue weighted by Gasteiger charge is -2.30. The Bertz CT molecular complexity index is 590. The molecule has 1 unspecified atom stereocenters. The van der Waals surface area contributed by atoms with Crippen molar-refractivity contribution < 1.29 is 23.8 Å². The minimum atomic E-state index is -0.956. The molecule has 0 bridgehead atoms. The highest BCUT2D eigenvalue weighted by atomic mass is 16.5. The first kappa shape index (κ1) is 15.1. The molecule has 0 aliphatic heterocycles. The summed E-state index contributed by atoms with van der Waals surface area (Å²) in [5.74, 6) is 0.731. The monoisotopic (exact) mass is 290 g/mol. The number of methoxy groups -OCH3 is 3. The number of esters is 1. The average Bonchev–Trinajstić information content (AvgIpc) is 2.54. The van der Waals surface area contributed by atoms with Crippen LogP contribution in [0.4, 0.5) is 0 Å². The molecule has 112 valence electrons. The first-order valence-corrected chi connectivity index (χ1v) is 6.60. The lowest BCUT2D eigenvalue weighted by atomic mass is 9.73. The number of benzene rings is 1. The minimum absolute atomic E-state index is 0.00926. The van der Waals surface area contributed by atoms with Gasteiger partial charge >= 0.3 is 5.97 Å². The molecule has 0 N–H and O–H groups in total. The average molecular weight is 290 g/mol. The van der Waals surface area contributed by atoms with Crippen LogP contribution >= 0.6 is 0 Å². The van der Waals surface area contributed by atoms with E-state index < -0.39 is 11.4 Å². The zero-order valence-electron chi connectivity index (χ0n) is 12.3. The van der Waals surface area contributed by atoms with E-state index in [1.54, 1.807) is 31.4 Å². The summed E-state index contributed by atoms with van der Waals surface area (Å²) in [6.45, 7) is 0. The Kier molecular flexibility index (Phi) is 4.31. The molecule has 0 saturated carbocycles. The number of carbonyl (C=O) groups is 2. The highest BCUT2D eigenvalue weighted by molar-refractivity contribution is 5.96. The summed E-state index contributed by atoms with van der Waals surface area (Å²) >= 11 is 0. The van der Waals surface area contributed by atoms with Crippen LogP contribution in [0.3, 0.4) is 0 Å². The van der Waals surface area contributed by atoms with Gasteiger partial charge in [-0.05, 0) is 30.2 Å². The quantitative estimate of drug-likeness (QED) is 0.794. The van der Waals surface area contributed by atoms with Crippen molar-refractivity contribution >= 4 is 11.8 Å². The van der Waals surface area contributed by atoms with Gasteiger partial charge in [-0.25, -0.2) is 0 Å².